The van der Waals surface area contributed by atoms with E-state index < -0.39 is 0 Å². The van der Waals surface area contributed by atoms with E-state index in [4.69, 9.17) is 5.26 Å². The third kappa shape index (κ3) is 3.03. The van der Waals surface area contributed by atoms with E-state index in [1.165, 1.54) is 22.5 Å². The monoisotopic (exact) mass is 400 g/mol. The molecular weight excluding hydrogens is 387 g/mol. The van der Waals surface area contributed by atoms with Gasteiger partial charge >= 0.3 is 0 Å². The standard InChI is InChI=1S/C21H13FN6S/c22-16-5-1-3-7-18(16)27-25-20(15-11-9-14(13-23)10-12-15)26-28(27)21-24-17-6-2-4-8-19(17)29-21/h1-12H,(H,25,26). The van der Waals surface area contributed by atoms with Gasteiger partial charge in [0.25, 0.3) is 0 Å². The molecule has 1 aliphatic heterocycles. The molecule has 0 spiro atoms. The predicted molar refractivity (Wildman–Crippen MR) is 112 cm³/mol. The Balaban J connectivity index is 1.60. The molecule has 29 heavy (non-hydrogen) atoms. The Kier molecular flexibility index (Phi) is 4.08. The van der Waals surface area contributed by atoms with E-state index >= 15 is 0 Å². The lowest BCUT2D eigenvalue weighted by Gasteiger charge is -2.26. The molecule has 8 heteroatoms. The molecule has 1 N–H and O–H groups in total. The average molecular weight is 400 g/mol. The van der Waals surface area contributed by atoms with Crippen LogP contribution >= 0.6 is 11.3 Å². The van der Waals surface area contributed by atoms with Gasteiger partial charge in [-0.15, -0.1) is 10.2 Å². The Morgan fingerprint density at radius 2 is 1.72 bits per heavy atom. The number of thiazole rings is 1. The molecule has 2 heterocycles. The maximum Gasteiger partial charge on any atom is 0.230 e. The highest BCUT2D eigenvalue weighted by molar-refractivity contribution is 7.22. The highest BCUT2D eigenvalue weighted by Gasteiger charge is 2.30. The van der Waals surface area contributed by atoms with Gasteiger partial charge in [0, 0.05) is 5.56 Å². The summed E-state index contributed by atoms with van der Waals surface area (Å²) < 4.78 is 15.6. The molecule has 0 radical (unpaired) electrons. The average Bonchev–Trinajstić information content (AvgIpc) is 3.38. The number of nitriles is 1. The lowest BCUT2D eigenvalue weighted by atomic mass is 10.1. The molecule has 140 valence electrons. The number of hydrazone groups is 1. The molecule has 0 aliphatic carbocycles. The molecule has 3 aromatic carbocycles. The fourth-order valence-corrected chi connectivity index (χ4v) is 3.90. The predicted octanol–water partition coefficient (Wildman–Crippen LogP) is 4.42. The lowest BCUT2D eigenvalue weighted by molar-refractivity contribution is 0.612. The van der Waals surface area contributed by atoms with Crippen LogP contribution in [-0.2, 0) is 0 Å². The summed E-state index contributed by atoms with van der Waals surface area (Å²) in [6, 6.07) is 23.4. The van der Waals surface area contributed by atoms with Crippen molar-refractivity contribution in [2.75, 3.05) is 10.2 Å². The zero-order valence-corrected chi connectivity index (χ0v) is 15.8. The Labute approximate surface area is 169 Å². The molecule has 0 amide bonds. The first-order valence-electron chi connectivity index (χ1n) is 8.79. The third-order valence-electron chi connectivity index (χ3n) is 4.42. The molecule has 6 nitrogen and oxygen atoms in total. The molecular formula is C21H13FN6S. The summed E-state index contributed by atoms with van der Waals surface area (Å²) in [5.41, 5.74) is 5.65. The molecule has 0 atom stereocenters. The van der Waals surface area contributed by atoms with Crippen LogP contribution in [0.15, 0.2) is 77.9 Å². The molecule has 0 unspecified atom stereocenters. The van der Waals surface area contributed by atoms with Crippen molar-refractivity contribution >= 4 is 38.2 Å². The number of rotatable bonds is 3. The summed E-state index contributed by atoms with van der Waals surface area (Å²) in [5, 5.41) is 17.3. The Morgan fingerprint density at radius 1 is 0.966 bits per heavy atom. The zero-order chi connectivity index (χ0) is 19.8. The van der Waals surface area contributed by atoms with Gasteiger partial charge < -0.3 is 0 Å². The van der Waals surface area contributed by atoms with Crippen molar-refractivity contribution in [3.63, 3.8) is 0 Å². The first-order valence-corrected chi connectivity index (χ1v) is 9.61. The first kappa shape index (κ1) is 17.2. The van der Waals surface area contributed by atoms with Crippen LogP contribution in [-0.4, -0.2) is 10.8 Å². The van der Waals surface area contributed by atoms with Crippen molar-refractivity contribution in [2.24, 2.45) is 5.10 Å². The number of hydrazine groups is 2. The topological polar surface area (TPSA) is 67.5 Å². The number of para-hydroxylation sites is 2. The SMILES string of the molecule is N#Cc1ccc(C2=NN(c3nc4ccccc4s3)N(c3ccccc3F)N2)cc1. The van der Waals surface area contributed by atoms with Crippen LogP contribution in [0, 0.1) is 17.1 Å². The van der Waals surface area contributed by atoms with Crippen molar-refractivity contribution in [2.45, 2.75) is 0 Å². The third-order valence-corrected chi connectivity index (χ3v) is 5.42. The second kappa shape index (κ2) is 6.89. The van der Waals surface area contributed by atoms with Crippen LogP contribution in [0.1, 0.15) is 11.1 Å². The van der Waals surface area contributed by atoms with Crippen molar-refractivity contribution in [1.29, 1.82) is 5.26 Å². The summed E-state index contributed by atoms with van der Waals surface area (Å²) in [6.45, 7) is 0. The minimum atomic E-state index is -0.387. The van der Waals surface area contributed by atoms with E-state index in [2.05, 4.69) is 21.6 Å². The molecule has 0 saturated heterocycles. The minimum Gasteiger partial charge on any atom is -0.259 e. The van der Waals surface area contributed by atoms with E-state index in [1.54, 1.807) is 47.6 Å². The summed E-state index contributed by atoms with van der Waals surface area (Å²) in [5.74, 6) is 0.138. The van der Waals surface area contributed by atoms with E-state index in [0.717, 1.165) is 15.8 Å². The van der Waals surface area contributed by atoms with Crippen molar-refractivity contribution in [3.05, 3.63) is 89.7 Å². The van der Waals surface area contributed by atoms with E-state index in [1.807, 2.05) is 24.3 Å². The number of aromatic nitrogens is 1. The fraction of sp³-hybridized carbons (Fsp3) is 0. The van der Waals surface area contributed by atoms with Gasteiger partial charge in [-0.25, -0.2) is 9.37 Å². The summed E-state index contributed by atoms with van der Waals surface area (Å²) in [7, 11) is 0. The fourth-order valence-electron chi connectivity index (χ4n) is 2.99. The minimum absolute atomic E-state index is 0.319. The number of anilines is 2. The highest BCUT2D eigenvalue weighted by Crippen LogP contribution is 2.33. The Hall–Kier alpha value is -3.96. The van der Waals surface area contributed by atoms with Gasteiger partial charge in [-0.2, -0.15) is 10.4 Å². The number of benzene rings is 3. The van der Waals surface area contributed by atoms with Crippen molar-refractivity contribution < 1.29 is 4.39 Å². The number of amidine groups is 1. The van der Waals surface area contributed by atoms with Crippen LogP contribution in [0.3, 0.4) is 0 Å². The maximum atomic E-state index is 14.6. The van der Waals surface area contributed by atoms with Gasteiger partial charge in [-0.1, -0.05) is 35.6 Å². The number of nitrogens with one attached hydrogen (secondary N) is 1. The number of hydrogen-bond donors (Lipinski definition) is 1. The summed E-state index contributed by atoms with van der Waals surface area (Å²) >= 11 is 1.46. The van der Waals surface area contributed by atoms with E-state index in [-0.39, 0.29) is 5.82 Å². The van der Waals surface area contributed by atoms with E-state index in [0.29, 0.717) is 22.2 Å². The van der Waals surface area contributed by atoms with Gasteiger partial charge in [0.05, 0.1) is 21.8 Å². The number of nitrogens with zero attached hydrogens (tertiary/aromatic N) is 5. The number of hydrogen-bond acceptors (Lipinski definition) is 7. The van der Waals surface area contributed by atoms with E-state index in [9.17, 15) is 4.39 Å². The maximum absolute atomic E-state index is 14.6. The highest BCUT2D eigenvalue weighted by atomic mass is 32.1. The normalized spacial score (nSPS) is 13.3. The second-order valence-electron chi connectivity index (χ2n) is 6.27. The van der Waals surface area contributed by atoms with Gasteiger partial charge in [0.15, 0.2) is 11.7 Å². The lowest BCUT2D eigenvalue weighted by Crippen LogP contribution is -2.45. The molecule has 0 saturated carbocycles. The Morgan fingerprint density at radius 3 is 2.48 bits per heavy atom. The molecule has 5 rings (SSSR count). The first-order chi connectivity index (χ1) is 14.2. The van der Waals surface area contributed by atoms with Crippen LogP contribution in [0.4, 0.5) is 15.2 Å². The van der Waals surface area contributed by atoms with Crippen molar-refractivity contribution in [3.8, 4) is 6.07 Å². The molecule has 1 aromatic heterocycles. The second-order valence-corrected chi connectivity index (χ2v) is 7.28. The molecule has 0 bridgehead atoms. The van der Waals surface area contributed by atoms with Gasteiger partial charge in [-0.3, -0.25) is 5.43 Å². The molecule has 0 fully saturated rings. The number of fused-ring (bicyclic) bond motifs is 1. The van der Waals surface area contributed by atoms with Gasteiger partial charge in [-0.05, 0) is 48.5 Å². The van der Waals surface area contributed by atoms with Crippen molar-refractivity contribution in [1.82, 2.24) is 10.4 Å². The van der Waals surface area contributed by atoms with Crippen LogP contribution < -0.4 is 15.7 Å². The smallest absolute Gasteiger partial charge is 0.230 e. The van der Waals surface area contributed by atoms with Crippen LogP contribution in [0.25, 0.3) is 10.2 Å². The largest absolute Gasteiger partial charge is 0.259 e. The quantitative estimate of drug-likeness (QED) is 0.552. The molecule has 4 aromatic rings. The summed E-state index contributed by atoms with van der Waals surface area (Å²) in [4.78, 5) is 4.65. The number of halogens is 1. The summed E-state index contributed by atoms with van der Waals surface area (Å²) in [6.07, 6.45) is 0. The van der Waals surface area contributed by atoms with Crippen LogP contribution in [0.2, 0.25) is 0 Å². The van der Waals surface area contributed by atoms with Crippen LogP contribution in [0.5, 0.6) is 0 Å². The zero-order valence-electron chi connectivity index (χ0n) is 15.0. The molecule has 1 aliphatic rings. The van der Waals surface area contributed by atoms with Gasteiger partial charge in [0.1, 0.15) is 5.69 Å². The Bertz CT molecular complexity index is 1240. The van der Waals surface area contributed by atoms with Gasteiger partial charge in [0.2, 0.25) is 5.13 Å².